The van der Waals surface area contributed by atoms with Gasteiger partial charge in [0.1, 0.15) is 17.6 Å². The standard InChI is InChI=1S/C9H10FN3O2S/c1-16(14,15)13-9-7(5-12)2-6(4-11)3-8(9)10/h2-3,13H,4,11H2,1H3. The van der Waals surface area contributed by atoms with Crippen molar-refractivity contribution in [1.29, 1.82) is 5.26 Å². The number of rotatable bonds is 3. The predicted molar refractivity (Wildman–Crippen MR) is 57.5 cm³/mol. The highest BCUT2D eigenvalue weighted by Crippen LogP contribution is 2.22. The summed E-state index contributed by atoms with van der Waals surface area (Å²) in [6.07, 6.45) is 0.879. The molecule has 0 radical (unpaired) electrons. The maximum Gasteiger partial charge on any atom is 0.229 e. The van der Waals surface area contributed by atoms with Crippen molar-refractivity contribution < 1.29 is 12.8 Å². The smallest absolute Gasteiger partial charge is 0.229 e. The van der Waals surface area contributed by atoms with Gasteiger partial charge < -0.3 is 5.73 Å². The molecule has 0 atom stereocenters. The van der Waals surface area contributed by atoms with Crippen LogP contribution in [-0.2, 0) is 16.6 Å². The van der Waals surface area contributed by atoms with Crippen molar-refractivity contribution in [3.63, 3.8) is 0 Å². The van der Waals surface area contributed by atoms with Gasteiger partial charge in [0.2, 0.25) is 10.0 Å². The lowest BCUT2D eigenvalue weighted by molar-refractivity contribution is 0.603. The molecule has 3 N–H and O–H groups in total. The van der Waals surface area contributed by atoms with Gasteiger partial charge in [0.25, 0.3) is 0 Å². The fourth-order valence-corrected chi connectivity index (χ4v) is 1.74. The van der Waals surface area contributed by atoms with E-state index in [1.165, 1.54) is 6.07 Å². The van der Waals surface area contributed by atoms with Gasteiger partial charge in [-0.3, -0.25) is 4.72 Å². The number of sulfonamides is 1. The summed E-state index contributed by atoms with van der Waals surface area (Å²) in [5.74, 6) is -0.815. The van der Waals surface area contributed by atoms with E-state index < -0.39 is 15.8 Å². The molecule has 0 heterocycles. The first kappa shape index (κ1) is 12.4. The molecule has 0 saturated carbocycles. The minimum absolute atomic E-state index is 0.0742. The second-order valence-electron chi connectivity index (χ2n) is 3.19. The zero-order valence-electron chi connectivity index (χ0n) is 8.49. The Morgan fingerprint density at radius 2 is 2.19 bits per heavy atom. The molecule has 0 aromatic heterocycles. The number of nitrogens with zero attached hydrogens (tertiary/aromatic N) is 1. The van der Waals surface area contributed by atoms with E-state index in [9.17, 15) is 12.8 Å². The van der Waals surface area contributed by atoms with Crippen molar-refractivity contribution >= 4 is 15.7 Å². The van der Waals surface area contributed by atoms with Crippen molar-refractivity contribution in [3.8, 4) is 6.07 Å². The molecule has 1 aromatic carbocycles. The molecular formula is C9H10FN3O2S. The lowest BCUT2D eigenvalue weighted by atomic mass is 10.1. The van der Waals surface area contributed by atoms with E-state index in [1.807, 2.05) is 4.72 Å². The molecule has 16 heavy (non-hydrogen) atoms. The van der Waals surface area contributed by atoms with Crippen LogP contribution in [-0.4, -0.2) is 14.7 Å². The molecule has 1 aromatic rings. The van der Waals surface area contributed by atoms with Crippen LogP contribution >= 0.6 is 0 Å². The number of benzene rings is 1. The maximum atomic E-state index is 13.5. The van der Waals surface area contributed by atoms with Crippen LogP contribution in [0.15, 0.2) is 12.1 Å². The topological polar surface area (TPSA) is 96.0 Å². The molecule has 0 unspecified atom stereocenters. The van der Waals surface area contributed by atoms with Crippen LogP contribution in [0.25, 0.3) is 0 Å². The fraction of sp³-hybridized carbons (Fsp3) is 0.222. The molecule has 0 aliphatic rings. The lowest BCUT2D eigenvalue weighted by Gasteiger charge is -2.08. The number of nitrogens with two attached hydrogens (primary N) is 1. The second kappa shape index (κ2) is 4.47. The van der Waals surface area contributed by atoms with Crippen molar-refractivity contribution in [1.82, 2.24) is 0 Å². The summed E-state index contributed by atoms with van der Waals surface area (Å²) in [4.78, 5) is 0. The first-order chi connectivity index (χ1) is 7.37. The number of anilines is 1. The van der Waals surface area contributed by atoms with E-state index in [0.29, 0.717) is 5.56 Å². The Hall–Kier alpha value is -1.65. The summed E-state index contributed by atoms with van der Waals surface area (Å²) in [7, 11) is -3.62. The SMILES string of the molecule is CS(=O)(=O)Nc1c(F)cc(CN)cc1C#N. The minimum atomic E-state index is -3.62. The normalized spacial score (nSPS) is 10.9. The van der Waals surface area contributed by atoms with E-state index in [1.54, 1.807) is 6.07 Å². The lowest BCUT2D eigenvalue weighted by Crippen LogP contribution is -2.13. The van der Waals surface area contributed by atoms with Crippen LogP contribution in [0.4, 0.5) is 10.1 Å². The average Bonchev–Trinajstić information content (AvgIpc) is 2.19. The molecule has 1 rings (SSSR count). The highest BCUT2D eigenvalue weighted by Gasteiger charge is 2.14. The zero-order valence-corrected chi connectivity index (χ0v) is 9.31. The van der Waals surface area contributed by atoms with Crippen LogP contribution in [0.5, 0.6) is 0 Å². The Bertz CT molecular complexity index is 549. The zero-order chi connectivity index (χ0) is 12.3. The summed E-state index contributed by atoms with van der Waals surface area (Å²) in [5, 5.41) is 8.77. The van der Waals surface area contributed by atoms with E-state index in [-0.39, 0.29) is 17.8 Å². The van der Waals surface area contributed by atoms with E-state index in [0.717, 1.165) is 12.3 Å². The van der Waals surface area contributed by atoms with E-state index in [2.05, 4.69) is 0 Å². The largest absolute Gasteiger partial charge is 0.326 e. The summed E-state index contributed by atoms with van der Waals surface area (Å²) in [6, 6.07) is 4.15. The van der Waals surface area contributed by atoms with Gasteiger partial charge in [-0.2, -0.15) is 5.26 Å². The molecule has 0 saturated heterocycles. The van der Waals surface area contributed by atoms with Crippen molar-refractivity contribution in [2.24, 2.45) is 5.73 Å². The van der Waals surface area contributed by atoms with E-state index >= 15 is 0 Å². The number of hydrogen-bond donors (Lipinski definition) is 2. The first-order valence-corrected chi connectivity index (χ1v) is 6.17. The van der Waals surface area contributed by atoms with Gasteiger partial charge in [0.05, 0.1) is 11.8 Å². The summed E-state index contributed by atoms with van der Waals surface area (Å²) < 4.78 is 37.4. The van der Waals surface area contributed by atoms with Gasteiger partial charge in [-0.15, -0.1) is 0 Å². The van der Waals surface area contributed by atoms with Crippen molar-refractivity contribution in [3.05, 3.63) is 29.1 Å². The quantitative estimate of drug-likeness (QED) is 0.809. The molecule has 0 aliphatic carbocycles. The van der Waals surface area contributed by atoms with Crippen molar-refractivity contribution in [2.75, 3.05) is 11.0 Å². The Balaban J connectivity index is 3.34. The predicted octanol–water partition coefficient (Wildman–Crippen LogP) is 0.528. The Labute approximate surface area is 92.7 Å². The monoisotopic (exact) mass is 243 g/mol. The number of nitriles is 1. The number of halogens is 1. The summed E-state index contributed by atoms with van der Waals surface area (Å²) >= 11 is 0. The van der Waals surface area contributed by atoms with E-state index in [4.69, 9.17) is 11.0 Å². The van der Waals surface area contributed by atoms with Gasteiger partial charge in [-0.25, -0.2) is 12.8 Å². The molecule has 0 aliphatic heterocycles. The van der Waals surface area contributed by atoms with Crippen molar-refractivity contribution in [2.45, 2.75) is 6.54 Å². The van der Waals surface area contributed by atoms with Crippen LogP contribution in [0, 0.1) is 17.1 Å². The second-order valence-corrected chi connectivity index (χ2v) is 4.94. The van der Waals surface area contributed by atoms with Crippen LogP contribution in [0.1, 0.15) is 11.1 Å². The molecule has 0 bridgehead atoms. The number of hydrogen-bond acceptors (Lipinski definition) is 4. The third kappa shape index (κ3) is 2.92. The average molecular weight is 243 g/mol. The molecular weight excluding hydrogens is 233 g/mol. The summed E-state index contributed by atoms with van der Waals surface area (Å²) in [6.45, 7) is 0.0742. The molecule has 86 valence electrons. The highest BCUT2D eigenvalue weighted by molar-refractivity contribution is 7.92. The fourth-order valence-electron chi connectivity index (χ4n) is 1.16. The van der Waals surface area contributed by atoms with Crippen LogP contribution < -0.4 is 10.5 Å². The van der Waals surface area contributed by atoms with Crippen LogP contribution in [0.3, 0.4) is 0 Å². The maximum absolute atomic E-state index is 13.5. The molecule has 0 spiro atoms. The van der Waals surface area contributed by atoms with Crippen LogP contribution in [0.2, 0.25) is 0 Å². The van der Waals surface area contributed by atoms with Gasteiger partial charge in [0, 0.05) is 6.54 Å². The Kier molecular flexibility index (Phi) is 3.47. The van der Waals surface area contributed by atoms with Gasteiger partial charge >= 0.3 is 0 Å². The Morgan fingerprint density at radius 1 is 1.56 bits per heavy atom. The Morgan fingerprint density at radius 3 is 2.62 bits per heavy atom. The minimum Gasteiger partial charge on any atom is -0.326 e. The van der Waals surface area contributed by atoms with Gasteiger partial charge in [-0.1, -0.05) is 0 Å². The van der Waals surface area contributed by atoms with Gasteiger partial charge in [0.15, 0.2) is 0 Å². The molecule has 0 amide bonds. The molecule has 5 nitrogen and oxygen atoms in total. The highest BCUT2D eigenvalue weighted by atomic mass is 32.2. The summed E-state index contributed by atoms with van der Waals surface area (Å²) in [5.41, 5.74) is 5.29. The first-order valence-electron chi connectivity index (χ1n) is 4.27. The molecule has 7 heteroatoms. The molecule has 0 fully saturated rings. The van der Waals surface area contributed by atoms with Gasteiger partial charge in [-0.05, 0) is 17.7 Å². The third-order valence-corrected chi connectivity index (χ3v) is 2.37. The number of nitrogens with one attached hydrogen (secondary N) is 1. The third-order valence-electron chi connectivity index (χ3n) is 1.79.